The molecule has 1 heterocycles. The van der Waals surface area contributed by atoms with Gasteiger partial charge in [0.2, 0.25) is 29.5 Å². The number of hydrogen-bond acceptors (Lipinski definition) is 12. The molecule has 348 valence electrons. The van der Waals surface area contributed by atoms with Crippen LogP contribution in [0.1, 0.15) is 114 Å². The minimum Gasteiger partial charge on any atom is -0.467 e. The summed E-state index contributed by atoms with van der Waals surface area (Å²) in [4.78, 5) is 81.3. The summed E-state index contributed by atoms with van der Waals surface area (Å²) in [6, 6.07) is -4.39. The second-order valence-electron chi connectivity index (χ2n) is 17.2. The fourth-order valence-electron chi connectivity index (χ4n) is 6.18. The zero-order valence-corrected chi connectivity index (χ0v) is 41.9. The number of rotatable bonds is 28. The number of thioether (sulfide) groups is 2. The lowest BCUT2D eigenvalue weighted by Gasteiger charge is -2.30. The van der Waals surface area contributed by atoms with Crippen molar-refractivity contribution in [1.29, 1.82) is 0 Å². The average Bonchev–Trinajstić information content (AvgIpc) is 3.68. The average molecular weight is 929 g/mol. The Morgan fingerprint density at radius 2 is 1.52 bits per heavy atom. The number of methoxy groups -OCH3 is 1. The third-order valence-corrected chi connectivity index (χ3v) is 14.5. The van der Waals surface area contributed by atoms with Crippen LogP contribution in [0.15, 0.2) is 34.9 Å². The van der Waals surface area contributed by atoms with E-state index < -0.39 is 72.3 Å². The summed E-state index contributed by atoms with van der Waals surface area (Å²) in [5, 5.41) is 11.0. The molecule has 0 aliphatic carbocycles. The van der Waals surface area contributed by atoms with Crippen LogP contribution >= 0.6 is 45.1 Å². The van der Waals surface area contributed by atoms with Crippen molar-refractivity contribution >= 4 is 80.6 Å². The number of allylic oxidation sites excluding steroid dienone is 5. The Morgan fingerprint density at radius 3 is 2.13 bits per heavy atom. The molecule has 5 atom stereocenters. The van der Waals surface area contributed by atoms with Gasteiger partial charge in [0.1, 0.15) is 24.2 Å². The molecule has 0 bridgehead atoms. The van der Waals surface area contributed by atoms with Gasteiger partial charge in [-0.15, -0.1) is 0 Å². The Bertz CT molecular complexity index is 1510. The maximum Gasteiger partial charge on any atom is 0.329 e. The van der Waals surface area contributed by atoms with Gasteiger partial charge in [-0.25, -0.2) is 4.79 Å². The maximum absolute atomic E-state index is 14.0. The first-order chi connectivity index (χ1) is 28.7. The number of esters is 1. The second kappa shape index (κ2) is 30.5. The molecule has 1 fully saturated rings. The molecule has 1 aliphatic heterocycles. The van der Waals surface area contributed by atoms with Crippen LogP contribution in [0.3, 0.4) is 0 Å². The van der Waals surface area contributed by atoms with Crippen LogP contribution in [-0.4, -0.2) is 125 Å². The Morgan fingerprint density at radius 1 is 0.869 bits per heavy atom. The molecule has 0 spiro atoms. The lowest BCUT2D eigenvalue weighted by atomic mass is 10.0. The summed E-state index contributed by atoms with van der Waals surface area (Å²) in [5.74, 6) is -1.03. The van der Waals surface area contributed by atoms with Crippen LogP contribution < -0.4 is 27.0 Å². The fourth-order valence-corrected chi connectivity index (χ4v) is 10.1. The number of nitrogens with one attached hydrogen (secondary N) is 4. The van der Waals surface area contributed by atoms with Crippen LogP contribution in [0.25, 0.3) is 0 Å². The molecule has 6 N–H and O–H groups in total. The summed E-state index contributed by atoms with van der Waals surface area (Å²) in [7, 11) is 4.40. The predicted octanol–water partition coefficient (Wildman–Crippen LogP) is 6.18. The number of amides is 5. The van der Waals surface area contributed by atoms with E-state index in [-0.39, 0.29) is 10.7 Å². The van der Waals surface area contributed by atoms with Gasteiger partial charge in [-0.05, 0) is 97.0 Å². The van der Waals surface area contributed by atoms with E-state index in [4.69, 9.17) is 10.5 Å². The number of carbonyl (C=O) groups is 6. The quantitative estimate of drug-likeness (QED) is 0.0260. The standard InChI is InChI=1S/C44H76N6O7S4/c1-29(2)15-12-16-31(5)17-13-18-32(6)20-24-59-28-36(43(56)57-10)49-41(54)37-19-14-22-50(37)42(55)35(25-30(3)4)47-38(51)26-46-40(53)34(21-23-58-11)48-39(52)33(45)27-60-61-44(7,8)9/h15,17,20,30,33-37H,12-14,16,18-19,21-28,45H2,1-11H3,(H,46,53)(H,47,51)(H,48,52)(H,49,54)/b31-17+,32-20+/t33-,34-,35-,36-,37-/m0/s1. The molecule has 0 radical (unpaired) electrons. The van der Waals surface area contributed by atoms with Crippen molar-refractivity contribution in [2.24, 2.45) is 11.7 Å². The smallest absolute Gasteiger partial charge is 0.329 e. The molecule has 61 heavy (non-hydrogen) atoms. The van der Waals surface area contributed by atoms with Crippen molar-refractivity contribution in [2.75, 3.05) is 49.5 Å². The molecule has 0 aromatic rings. The van der Waals surface area contributed by atoms with Gasteiger partial charge < -0.3 is 36.6 Å². The van der Waals surface area contributed by atoms with Gasteiger partial charge in [-0.2, -0.15) is 23.5 Å². The largest absolute Gasteiger partial charge is 0.467 e. The molecule has 0 unspecified atom stereocenters. The normalized spacial score (nSPS) is 16.6. The van der Waals surface area contributed by atoms with Gasteiger partial charge in [0.25, 0.3) is 0 Å². The lowest BCUT2D eigenvalue weighted by molar-refractivity contribution is -0.146. The highest BCUT2D eigenvalue weighted by atomic mass is 33.1. The Kier molecular flexibility index (Phi) is 28.2. The van der Waals surface area contributed by atoms with Gasteiger partial charge in [0.15, 0.2) is 0 Å². The van der Waals surface area contributed by atoms with Crippen molar-refractivity contribution in [3.8, 4) is 0 Å². The zero-order valence-electron chi connectivity index (χ0n) is 38.6. The summed E-state index contributed by atoms with van der Waals surface area (Å²) in [6.45, 7) is 18.5. The summed E-state index contributed by atoms with van der Waals surface area (Å²) in [6.07, 6.45) is 14.2. The molecular formula is C44H76N6O7S4. The molecule has 0 aromatic carbocycles. The highest BCUT2D eigenvalue weighted by molar-refractivity contribution is 8.77. The molecule has 5 amide bonds. The van der Waals surface area contributed by atoms with Crippen molar-refractivity contribution in [2.45, 2.75) is 149 Å². The second-order valence-corrected chi connectivity index (χ2v) is 22.4. The topological polar surface area (TPSA) is 189 Å². The number of nitrogens with zero attached hydrogens (tertiary/aromatic N) is 1. The van der Waals surface area contributed by atoms with Crippen LogP contribution in [-0.2, 0) is 33.5 Å². The van der Waals surface area contributed by atoms with E-state index in [1.807, 2.05) is 20.1 Å². The minimum absolute atomic E-state index is 0.000593. The van der Waals surface area contributed by atoms with Gasteiger partial charge >= 0.3 is 5.97 Å². The van der Waals surface area contributed by atoms with Gasteiger partial charge in [-0.1, -0.05) is 91.2 Å². The summed E-state index contributed by atoms with van der Waals surface area (Å²) in [5.41, 5.74) is 10.1. The Labute approximate surface area is 383 Å². The summed E-state index contributed by atoms with van der Waals surface area (Å²) >= 11 is 3.04. The number of nitrogens with two attached hydrogens (primary N) is 1. The molecule has 0 saturated carbocycles. The molecule has 1 saturated heterocycles. The molecule has 1 rings (SSSR count). The molecule has 17 heteroatoms. The zero-order chi connectivity index (χ0) is 46.1. The van der Waals surface area contributed by atoms with Crippen LogP contribution in [0.2, 0.25) is 0 Å². The summed E-state index contributed by atoms with van der Waals surface area (Å²) < 4.78 is 5.02. The Hall–Kier alpha value is -2.60. The van der Waals surface area contributed by atoms with Crippen LogP contribution in [0.4, 0.5) is 0 Å². The third-order valence-electron chi connectivity index (χ3n) is 9.50. The third kappa shape index (κ3) is 24.7. The van der Waals surface area contributed by atoms with Crippen molar-refractivity contribution in [1.82, 2.24) is 26.2 Å². The fraction of sp³-hybridized carbons (Fsp3) is 0.727. The van der Waals surface area contributed by atoms with Crippen LogP contribution in [0.5, 0.6) is 0 Å². The van der Waals surface area contributed by atoms with E-state index in [9.17, 15) is 28.8 Å². The first-order valence-corrected chi connectivity index (χ1v) is 26.2. The monoisotopic (exact) mass is 928 g/mol. The molecular weight excluding hydrogens is 853 g/mol. The van der Waals surface area contributed by atoms with Crippen molar-refractivity contribution in [3.05, 3.63) is 34.9 Å². The van der Waals surface area contributed by atoms with Crippen molar-refractivity contribution < 1.29 is 33.5 Å². The Balaban J connectivity index is 2.86. The highest BCUT2D eigenvalue weighted by Crippen LogP contribution is 2.35. The molecule has 0 aromatic heterocycles. The first kappa shape index (κ1) is 56.4. The molecule has 1 aliphatic rings. The van der Waals surface area contributed by atoms with E-state index >= 15 is 0 Å². The van der Waals surface area contributed by atoms with Crippen molar-refractivity contribution in [3.63, 3.8) is 0 Å². The van der Waals surface area contributed by atoms with E-state index in [0.29, 0.717) is 55.2 Å². The minimum atomic E-state index is -0.949. The maximum atomic E-state index is 14.0. The SMILES string of the molecule is COC(=O)[C@H](CSC/C=C(\C)CC/C=C(\C)CCC=C(C)C)NC(=O)[C@@H]1CCCN1C(=O)[C@H](CC(C)C)NC(=O)CNC(=O)[C@H](CCSC)NC(=O)[C@@H](N)CSSC(C)(C)C. The number of likely N-dealkylation sites (tertiary alicyclic amines) is 1. The number of carbonyl (C=O) groups excluding carboxylic acids is 6. The van der Waals surface area contributed by atoms with E-state index in [0.717, 1.165) is 25.7 Å². The van der Waals surface area contributed by atoms with E-state index in [1.54, 1.807) is 10.8 Å². The predicted molar refractivity (Wildman–Crippen MR) is 259 cm³/mol. The highest BCUT2D eigenvalue weighted by Gasteiger charge is 2.39. The van der Waals surface area contributed by atoms with E-state index in [1.165, 1.54) is 63.0 Å². The van der Waals surface area contributed by atoms with Gasteiger partial charge in [0, 0.05) is 28.6 Å². The van der Waals surface area contributed by atoms with Gasteiger partial charge in [0.05, 0.1) is 19.7 Å². The number of ether oxygens (including phenoxy) is 1. The van der Waals surface area contributed by atoms with E-state index in [2.05, 4.69) is 88.0 Å². The molecule has 13 nitrogen and oxygen atoms in total. The first-order valence-electron chi connectivity index (χ1n) is 21.3. The lowest BCUT2D eigenvalue weighted by Crippen LogP contribution is -2.57. The van der Waals surface area contributed by atoms with Crippen LogP contribution in [0, 0.1) is 5.92 Å². The van der Waals surface area contributed by atoms with Gasteiger partial charge in [-0.3, -0.25) is 24.0 Å². The number of hydrogen-bond donors (Lipinski definition) is 5.